The Labute approximate surface area is 243 Å². The molecule has 3 heterocycles. The Morgan fingerprint density at radius 1 is 1.02 bits per heavy atom. The number of benzene rings is 2. The van der Waals surface area contributed by atoms with Gasteiger partial charge in [-0.1, -0.05) is 19.9 Å². The zero-order valence-corrected chi connectivity index (χ0v) is 24.5. The molecule has 0 atom stereocenters. The molecule has 0 aliphatic carbocycles. The lowest BCUT2D eigenvalue weighted by Gasteiger charge is -2.25. The minimum Gasteiger partial charge on any atom is -0.457 e. The summed E-state index contributed by atoms with van der Waals surface area (Å²) in [6.07, 6.45) is 3.34. The van der Waals surface area contributed by atoms with Crippen molar-refractivity contribution in [1.29, 1.82) is 0 Å². The van der Waals surface area contributed by atoms with Gasteiger partial charge in [-0.15, -0.1) is 0 Å². The number of pyridine rings is 1. The standard InChI is InChI=1S/C29H32FN7O4S/c1-18(2)26-16-28(37(34-26)21-6-5-19-10-12-36(3)17-20(19)13-21)33-29(38)32-25-8-7-22(14-24(25)30)41-23-9-11-31-27(15-23)35-42(4,39)40/h5-9,11,13-16,18H,10,12,17H2,1-4H3,(H,31,35)(H2,32,33,38). The van der Waals surface area contributed by atoms with Crippen LogP contribution in [0.5, 0.6) is 11.5 Å². The van der Waals surface area contributed by atoms with E-state index in [4.69, 9.17) is 9.84 Å². The maximum atomic E-state index is 15.0. The van der Waals surface area contributed by atoms with Gasteiger partial charge in [-0.25, -0.2) is 27.3 Å². The maximum absolute atomic E-state index is 15.0. The lowest BCUT2D eigenvalue weighted by atomic mass is 9.99. The Bertz CT molecular complexity index is 1740. The molecule has 1 aliphatic heterocycles. The molecule has 220 valence electrons. The molecule has 0 spiro atoms. The number of likely N-dealkylation sites (N-methyl/N-ethyl adjacent to an activating group) is 1. The number of sulfonamides is 1. The molecule has 1 aliphatic rings. The highest BCUT2D eigenvalue weighted by atomic mass is 32.2. The van der Waals surface area contributed by atoms with Gasteiger partial charge in [0.2, 0.25) is 10.0 Å². The Morgan fingerprint density at radius 3 is 2.55 bits per heavy atom. The third-order valence-electron chi connectivity index (χ3n) is 6.64. The van der Waals surface area contributed by atoms with Crippen molar-refractivity contribution >= 4 is 33.4 Å². The van der Waals surface area contributed by atoms with Gasteiger partial charge in [0.15, 0.2) is 0 Å². The van der Waals surface area contributed by atoms with Crippen molar-refractivity contribution in [2.45, 2.75) is 32.7 Å². The van der Waals surface area contributed by atoms with Gasteiger partial charge in [0.1, 0.15) is 29.0 Å². The topological polar surface area (TPSA) is 130 Å². The van der Waals surface area contributed by atoms with Gasteiger partial charge in [0, 0.05) is 37.5 Å². The summed E-state index contributed by atoms with van der Waals surface area (Å²) in [4.78, 5) is 19.1. The first-order chi connectivity index (χ1) is 19.9. The second-order valence-corrected chi connectivity index (χ2v) is 12.3. The number of hydrogen-bond donors (Lipinski definition) is 3. The first-order valence-electron chi connectivity index (χ1n) is 13.3. The van der Waals surface area contributed by atoms with Crippen LogP contribution in [0.25, 0.3) is 5.69 Å². The van der Waals surface area contributed by atoms with Crippen LogP contribution in [0.2, 0.25) is 0 Å². The summed E-state index contributed by atoms with van der Waals surface area (Å²) in [7, 11) is -1.43. The number of carbonyl (C=O) groups is 1. The molecule has 2 amide bonds. The van der Waals surface area contributed by atoms with Gasteiger partial charge in [-0.05, 0) is 60.8 Å². The largest absolute Gasteiger partial charge is 0.457 e. The van der Waals surface area contributed by atoms with Gasteiger partial charge >= 0.3 is 6.03 Å². The summed E-state index contributed by atoms with van der Waals surface area (Å²) >= 11 is 0. The fraction of sp³-hybridized carbons (Fsp3) is 0.276. The number of hydrogen-bond acceptors (Lipinski definition) is 7. The number of anilines is 3. The minimum absolute atomic E-state index is 0.0547. The van der Waals surface area contributed by atoms with Crippen LogP contribution in [0.3, 0.4) is 0 Å². The highest BCUT2D eigenvalue weighted by Gasteiger charge is 2.19. The Hall–Kier alpha value is -4.49. The SMILES string of the molecule is CC(C)c1cc(NC(=O)Nc2ccc(Oc3ccnc(NS(C)(=O)=O)c3)cc2F)n(-c2ccc3c(c2)CN(C)CC3)n1. The number of ether oxygens (including phenoxy) is 1. The van der Waals surface area contributed by atoms with Gasteiger partial charge in [0.05, 0.1) is 23.3 Å². The van der Waals surface area contributed by atoms with E-state index in [0.29, 0.717) is 5.82 Å². The smallest absolute Gasteiger partial charge is 0.324 e. The fourth-order valence-corrected chi connectivity index (χ4v) is 5.06. The molecule has 0 radical (unpaired) electrons. The molecule has 2 aromatic heterocycles. The maximum Gasteiger partial charge on any atom is 0.324 e. The van der Waals surface area contributed by atoms with Crippen LogP contribution in [0, 0.1) is 5.82 Å². The van der Waals surface area contributed by atoms with Crippen LogP contribution in [-0.2, 0) is 23.0 Å². The number of carbonyl (C=O) groups excluding carboxylic acids is 1. The van der Waals surface area contributed by atoms with Crippen LogP contribution in [0.1, 0.15) is 36.6 Å². The van der Waals surface area contributed by atoms with E-state index >= 15 is 0 Å². The van der Waals surface area contributed by atoms with E-state index in [9.17, 15) is 17.6 Å². The van der Waals surface area contributed by atoms with E-state index in [1.165, 1.54) is 41.6 Å². The molecule has 0 saturated carbocycles. The van der Waals surface area contributed by atoms with Crippen molar-refractivity contribution in [3.8, 4) is 17.2 Å². The molecular weight excluding hydrogens is 561 g/mol. The van der Waals surface area contributed by atoms with Crippen molar-refractivity contribution in [1.82, 2.24) is 19.7 Å². The Balaban J connectivity index is 1.30. The van der Waals surface area contributed by atoms with E-state index in [1.807, 2.05) is 26.0 Å². The van der Waals surface area contributed by atoms with Crippen LogP contribution in [0.15, 0.2) is 60.8 Å². The van der Waals surface area contributed by atoms with Crippen molar-refractivity contribution in [3.05, 3.63) is 83.4 Å². The predicted molar refractivity (Wildman–Crippen MR) is 160 cm³/mol. The average Bonchev–Trinajstić information content (AvgIpc) is 3.33. The molecule has 3 N–H and O–H groups in total. The minimum atomic E-state index is -3.52. The summed E-state index contributed by atoms with van der Waals surface area (Å²) in [6.45, 7) is 5.89. The molecule has 0 bridgehead atoms. The van der Waals surface area contributed by atoms with Crippen molar-refractivity contribution < 1.29 is 22.3 Å². The third kappa shape index (κ3) is 7.04. The molecule has 0 unspecified atom stereocenters. The van der Waals surface area contributed by atoms with Crippen LogP contribution in [0.4, 0.5) is 26.5 Å². The zero-order chi connectivity index (χ0) is 30.0. The van der Waals surface area contributed by atoms with Gasteiger partial charge in [-0.3, -0.25) is 10.0 Å². The van der Waals surface area contributed by atoms with Crippen molar-refractivity contribution in [3.63, 3.8) is 0 Å². The number of rotatable bonds is 8. The number of urea groups is 1. The van der Waals surface area contributed by atoms with Crippen LogP contribution >= 0.6 is 0 Å². The number of amides is 2. The highest BCUT2D eigenvalue weighted by Crippen LogP contribution is 2.28. The fourth-order valence-electron chi connectivity index (χ4n) is 4.57. The average molecular weight is 594 g/mol. The summed E-state index contributed by atoms with van der Waals surface area (Å²) in [5.74, 6) is 0.318. The quantitative estimate of drug-likeness (QED) is 0.252. The Morgan fingerprint density at radius 2 is 1.81 bits per heavy atom. The number of fused-ring (bicyclic) bond motifs is 1. The van der Waals surface area contributed by atoms with Crippen LogP contribution < -0.4 is 20.1 Å². The monoisotopic (exact) mass is 593 g/mol. The lowest BCUT2D eigenvalue weighted by Crippen LogP contribution is -2.26. The zero-order valence-electron chi connectivity index (χ0n) is 23.7. The highest BCUT2D eigenvalue weighted by molar-refractivity contribution is 7.92. The molecule has 11 nitrogen and oxygen atoms in total. The molecule has 13 heteroatoms. The van der Waals surface area contributed by atoms with Gasteiger partial charge in [-0.2, -0.15) is 5.10 Å². The summed E-state index contributed by atoms with van der Waals surface area (Å²) in [5.41, 5.74) is 4.10. The molecule has 4 aromatic rings. The van der Waals surface area contributed by atoms with E-state index < -0.39 is 21.9 Å². The normalized spacial score (nSPS) is 13.5. The molecule has 5 rings (SSSR count). The first-order valence-corrected chi connectivity index (χ1v) is 15.2. The Kier molecular flexibility index (Phi) is 8.14. The lowest BCUT2D eigenvalue weighted by molar-refractivity contribution is 0.262. The van der Waals surface area contributed by atoms with E-state index in [0.717, 1.165) is 43.2 Å². The predicted octanol–water partition coefficient (Wildman–Crippen LogP) is 5.33. The summed E-state index contributed by atoms with van der Waals surface area (Å²) in [6, 6.07) is 14.2. The van der Waals surface area contributed by atoms with E-state index in [1.54, 1.807) is 4.68 Å². The van der Waals surface area contributed by atoms with Crippen molar-refractivity contribution in [2.75, 3.05) is 35.2 Å². The number of nitrogens with zero attached hydrogens (tertiary/aromatic N) is 4. The van der Waals surface area contributed by atoms with Gasteiger partial charge < -0.3 is 15.0 Å². The molecule has 0 fully saturated rings. The number of aromatic nitrogens is 3. The molecule has 2 aromatic carbocycles. The number of nitrogens with one attached hydrogen (secondary N) is 3. The third-order valence-corrected chi connectivity index (χ3v) is 7.22. The van der Waals surface area contributed by atoms with Crippen molar-refractivity contribution in [2.24, 2.45) is 0 Å². The molecular formula is C29H32FN7O4S. The molecule has 0 saturated heterocycles. The van der Waals surface area contributed by atoms with E-state index in [-0.39, 0.29) is 28.9 Å². The van der Waals surface area contributed by atoms with Gasteiger partial charge in [0.25, 0.3) is 0 Å². The number of halogens is 1. The summed E-state index contributed by atoms with van der Waals surface area (Å²) in [5, 5.41) is 10.1. The van der Waals surface area contributed by atoms with Crippen LogP contribution in [-0.4, -0.2) is 54.0 Å². The molecule has 42 heavy (non-hydrogen) atoms. The second-order valence-electron chi connectivity index (χ2n) is 10.5. The summed E-state index contributed by atoms with van der Waals surface area (Å²) < 4.78 is 47.4. The second kappa shape index (κ2) is 11.8. The van der Waals surface area contributed by atoms with E-state index in [2.05, 4.69) is 44.4 Å². The first kappa shape index (κ1) is 29.0.